The van der Waals surface area contributed by atoms with Gasteiger partial charge in [-0.05, 0) is 60.0 Å². The Labute approximate surface area is 202 Å². The Hall–Kier alpha value is -3.49. The summed E-state index contributed by atoms with van der Waals surface area (Å²) in [4.78, 5) is 44.7. The number of anilines is 2. The zero-order valence-corrected chi connectivity index (χ0v) is 19.7. The van der Waals surface area contributed by atoms with Gasteiger partial charge in [0.1, 0.15) is 5.75 Å². The predicted molar refractivity (Wildman–Crippen MR) is 132 cm³/mol. The summed E-state index contributed by atoms with van der Waals surface area (Å²) in [7, 11) is 1.58. The summed E-state index contributed by atoms with van der Waals surface area (Å²) in [5.41, 5.74) is 2.31. The number of piperazine rings is 1. The minimum absolute atomic E-state index is 0.0391. The smallest absolute Gasteiger partial charge is 0.251 e. The Balaban J connectivity index is 1.21. The van der Waals surface area contributed by atoms with Crippen LogP contribution in [0.25, 0.3) is 0 Å². The van der Waals surface area contributed by atoms with Crippen LogP contribution in [0.3, 0.4) is 0 Å². The minimum atomic E-state index is -0.428. The number of thiophene rings is 1. The highest BCUT2D eigenvalue weighted by Gasteiger charge is 2.43. The third kappa shape index (κ3) is 4.22. The molecule has 0 N–H and O–H groups in total. The van der Waals surface area contributed by atoms with Gasteiger partial charge in [0.05, 0.1) is 30.1 Å². The van der Waals surface area contributed by atoms with Gasteiger partial charge in [-0.15, -0.1) is 11.3 Å². The highest BCUT2D eigenvalue weighted by Crippen LogP contribution is 2.28. The lowest BCUT2D eigenvalue weighted by atomic mass is 10.1. The van der Waals surface area contributed by atoms with Crippen LogP contribution in [0.5, 0.6) is 5.75 Å². The van der Waals surface area contributed by atoms with E-state index in [-0.39, 0.29) is 24.0 Å². The lowest BCUT2D eigenvalue weighted by molar-refractivity contribution is -0.123. The number of nitrogens with zero attached hydrogens (tertiary/aromatic N) is 3. The van der Waals surface area contributed by atoms with Crippen LogP contribution in [-0.4, -0.2) is 61.8 Å². The van der Waals surface area contributed by atoms with E-state index >= 15 is 0 Å². The number of benzene rings is 2. The molecule has 1 atom stereocenters. The second kappa shape index (κ2) is 9.40. The molecule has 2 amide bonds. The van der Waals surface area contributed by atoms with E-state index in [0.717, 1.165) is 23.7 Å². The quantitative estimate of drug-likeness (QED) is 0.402. The molecule has 34 heavy (non-hydrogen) atoms. The van der Waals surface area contributed by atoms with Gasteiger partial charge in [-0.2, -0.15) is 0 Å². The van der Waals surface area contributed by atoms with Gasteiger partial charge in [0, 0.05) is 37.4 Å². The summed E-state index contributed by atoms with van der Waals surface area (Å²) in [6.45, 7) is 2.88. The number of methoxy groups -OCH3 is 1. The molecule has 3 heterocycles. The Morgan fingerprint density at radius 2 is 1.59 bits per heavy atom. The molecular weight excluding hydrogens is 450 g/mol. The summed E-state index contributed by atoms with van der Waals surface area (Å²) in [5.74, 6) is 0.380. The van der Waals surface area contributed by atoms with Crippen LogP contribution in [0.1, 0.15) is 21.7 Å². The van der Waals surface area contributed by atoms with Crippen molar-refractivity contribution in [2.45, 2.75) is 12.5 Å². The minimum Gasteiger partial charge on any atom is -0.497 e. The molecule has 0 spiro atoms. The first kappa shape index (κ1) is 22.3. The van der Waals surface area contributed by atoms with Crippen molar-refractivity contribution in [3.8, 4) is 5.75 Å². The maximum Gasteiger partial charge on any atom is 0.251 e. The van der Waals surface area contributed by atoms with E-state index in [4.69, 9.17) is 4.74 Å². The van der Waals surface area contributed by atoms with Crippen LogP contribution in [0.15, 0.2) is 66.0 Å². The fraction of sp³-hybridized carbons (Fsp3) is 0.269. The van der Waals surface area contributed by atoms with E-state index < -0.39 is 6.04 Å². The molecule has 2 aliphatic heterocycles. The van der Waals surface area contributed by atoms with E-state index in [1.165, 1.54) is 16.2 Å². The second-order valence-electron chi connectivity index (χ2n) is 8.36. The Bertz CT molecular complexity index is 1180. The van der Waals surface area contributed by atoms with Crippen molar-refractivity contribution in [1.82, 2.24) is 4.90 Å². The molecule has 2 saturated heterocycles. The maximum absolute atomic E-state index is 13.1. The van der Waals surface area contributed by atoms with Crippen molar-refractivity contribution in [1.29, 1.82) is 0 Å². The molecule has 1 unspecified atom stereocenters. The summed E-state index contributed by atoms with van der Waals surface area (Å²) in [5, 5.41) is 1.90. The molecule has 1 aromatic heterocycles. The molecule has 0 bridgehead atoms. The number of ether oxygens (including phenoxy) is 1. The van der Waals surface area contributed by atoms with Crippen LogP contribution in [0, 0.1) is 0 Å². The van der Waals surface area contributed by atoms with Gasteiger partial charge in [0.15, 0.2) is 0 Å². The largest absolute Gasteiger partial charge is 0.497 e. The third-order valence-electron chi connectivity index (χ3n) is 6.45. The summed E-state index contributed by atoms with van der Waals surface area (Å²) in [6, 6.07) is 18.0. The van der Waals surface area contributed by atoms with Crippen molar-refractivity contribution < 1.29 is 19.1 Å². The molecule has 2 aliphatic rings. The average molecular weight is 476 g/mol. The number of carbonyl (C=O) groups excluding carboxylic acids is 3. The van der Waals surface area contributed by atoms with Gasteiger partial charge >= 0.3 is 0 Å². The van der Waals surface area contributed by atoms with Gasteiger partial charge in [0.2, 0.25) is 11.7 Å². The summed E-state index contributed by atoms with van der Waals surface area (Å²) < 4.78 is 5.17. The Morgan fingerprint density at radius 3 is 2.21 bits per heavy atom. The van der Waals surface area contributed by atoms with E-state index in [2.05, 4.69) is 9.80 Å². The molecule has 2 aromatic carbocycles. The van der Waals surface area contributed by atoms with Crippen molar-refractivity contribution in [2.75, 3.05) is 43.1 Å². The SMILES string of the molecule is COc1ccc(N2C(=O)CC(N3CCN(c4ccc(C(=O)c5cccs5)cc4)CC3)C2=O)cc1. The fourth-order valence-electron chi connectivity index (χ4n) is 4.57. The molecule has 0 radical (unpaired) electrons. The summed E-state index contributed by atoms with van der Waals surface area (Å²) in [6.07, 6.45) is 0.199. The van der Waals surface area contributed by atoms with Crippen LogP contribution in [0.2, 0.25) is 0 Å². The molecule has 0 aliphatic carbocycles. The van der Waals surface area contributed by atoms with E-state index in [0.29, 0.717) is 30.1 Å². The highest BCUT2D eigenvalue weighted by molar-refractivity contribution is 7.12. The first-order valence-corrected chi connectivity index (χ1v) is 12.1. The first-order valence-electron chi connectivity index (χ1n) is 11.2. The topological polar surface area (TPSA) is 70.2 Å². The molecule has 5 rings (SSSR count). The van der Waals surface area contributed by atoms with Crippen molar-refractivity contribution in [2.24, 2.45) is 0 Å². The van der Waals surface area contributed by atoms with Crippen LogP contribution in [-0.2, 0) is 9.59 Å². The molecule has 8 heteroatoms. The van der Waals surface area contributed by atoms with Crippen molar-refractivity contribution >= 4 is 40.3 Å². The normalized spacial score (nSPS) is 19.0. The summed E-state index contributed by atoms with van der Waals surface area (Å²) >= 11 is 1.44. The zero-order valence-electron chi connectivity index (χ0n) is 18.8. The Morgan fingerprint density at radius 1 is 0.912 bits per heavy atom. The molecule has 0 saturated carbocycles. The van der Waals surface area contributed by atoms with E-state index in [1.54, 1.807) is 31.4 Å². The van der Waals surface area contributed by atoms with Crippen LogP contribution < -0.4 is 14.5 Å². The number of rotatable bonds is 6. The molecule has 7 nitrogen and oxygen atoms in total. The zero-order chi connectivity index (χ0) is 23.7. The number of ketones is 1. The van der Waals surface area contributed by atoms with Gasteiger partial charge in [-0.3, -0.25) is 19.3 Å². The van der Waals surface area contributed by atoms with Crippen molar-refractivity contribution in [3.05, 3.63) is 76.5 Å². The standard InChI is InChI=1S/C26H25N3O4S/c1-33-21-10-8-20(9-11-21)29-24(30)17-22(26(29)32)28-14-12-27(13-15-28)19-6-4-18(5-7-19)25(31)23-3-2-16-34-23/h2-11,16,22H,12-15,17H2,1H3. The van der Waals surface area contributed by atoms with Gasteiger partial charge in [0.25, 0.3) is 5.91 Å². The number of amides is 2. The van der Waals surface area contributed by atoms with Gasteiger partial charge in [-0.25, -0.2) is 4.90 Å². The lowest BCUT2D eigenvalue weighted by Crippen LogP contribution is -2.52. The van der Waals surface area contributed by atoms with Crippen molar-refractivity contribution in [3.63, 3.8) is 0 Å². The molecule has 2 fully saturated rings. The second-order valence-corrected chi connectivity index (χ2v) is 9.31. The average Bonchev–Trinajstić information content (AvgIpc) is 3.52. The van der Waals surface area contributed by atoms with Gasteiger partial charge in [-0.1, -0.05) is 6.07 Å². The number of carbonyl (C=O) groups is 3. The van der Waals surface area contributed by atoms with E-state index in [9.17, 15) is 14.4 Å². The maximum atomic E-state index is 13.1. The van der Waals surface area contributed by atoms with Crippen LogP contribution >= 0.6 is 11.3 Å². The number of imide groups is 1. The number of hydrogen-bond donors (Lipinski definition) is 0. The number of hydrogen-bond acceptors (Lipinski definition) is 7. The van der Waals surface area contributed by atoms with E-state index in [1.807, 2.05) is 41.8 Å². The van der Waals surface area contributed by atoms with Gasteiger partial charge < -0.3 is 9.64 Å². The molecule has 3 aromatic rings. The lowest BCUT2D eigenvalue weighted by Gasteiger charge is -2.38. The van der Waals surface area contributed by atoms with Crippen LogP contribution in [0.4, 0.5) is 11.4 Å². The highest BCUT2D eigenvalue weighted by atomic mass is 32.1. The third-order valence-corrected chi connectivity index (χ3v) is 7.32. The first-order chi connectivity index (χ1) is 16.5. The predicted octanol–water partition coefficient (Wildman–Crippen LogP) is 3.44. The monoisotopic (exact) mass is 475 g/mol. The fourth-order valence-corrected chi connectivity index (χ4v) is 5.25. The molecular formula is C26H25N3O4S. The Kier molecular flexibility index (Phi) is 6.17. The molecule has 174 valence electrons.